The fourth-order valence-corrected chi connectivity index (χ4v) is 2.54. The number of thioether (sulfide) groups is 1. The number of hydrogen-bond donors (Lipinski definition) is 1. The van der Waals surface area contributed by atoms with Crippen LogP contribution < -0.4 is 0 Å². The summed E-state index contributed by atoms with van der Waals surface area (Å²) in [6.45, 7) is 3.38. The first-order valence-corrected chi connectivity index (χ1v) is 7.00. The zero-order valence-corrected chi connectivity index (χ0v) is 12.1. The van der Waals surface area contributed by atoms with Crippen molar-refractivity contribution in [3.8, 4) is 0 Å². The second-order valence-corrected chi connectivity index (χ2v) is 5.37. The molecule has 2 atom stereocenters. The molecule has 4 nitrogen and oxygen atoms in total. The Bertz CT molecular complexity index is 446. The lowest BCUT2D eigenvalue weighted by molar-refractivity contribution is -0.171. The minimum absolute atomic E-state index is 0.237. The molecule has 5 heteroatoms. The number of carbonyl (C=O) groups is 2. The number of rotatable bonds is 5. The first-order chi connectivity index (χ1) is 8.98. The Morgan fingerprint density at radius 2 is 1.95 bits per heavy atom. The van der Waals surface area contributed by atoms with E-state index in [4.69, 9.17) is 0 Å². The highest BCUT2D eigenvalue weighted by atomic mass is 32.2. The number of benzene rings is 1. The number of carbonyl (C=O) groups excluding carboxylic acids is 2. The van der Waals surface area contributed by atoms with Crippen LogP contribution in [-0.2, 0) is 19.9 Å². The van der Waals surface area contributed by atoms with Crippen LogP contribution in [0.1, 0.15) is 19.4 Å². The van der Waals surface area contributed by atoms with Crippen LogP contribution in [0, 0.1) is 5.92 Å². The summed E-state index contributed by atoms with van der Waals surface area (Å²) >= 11 is 1.08. The Kier molecular flexibility index (Phi) is 5.57. The minimum atomic E-state index is -1.95. The molecule has 0 radical (unpaired) electrons. The largest absolute Gasteiger partial charge is 0.467 e. The van der Waals surface area contributed by atoms with Gasteiger partial charge in [-0.1, -0.05) is 55.9 Å². The lowest BCUT2D eigenvalue weighted by Gasteiger charge is -2.30. The van der Waals surface area contributed by atoms with Gasteiger partial charge in [0.15, 0.2) is 10.7 Å². The molecule has 1 rings (SSSR count). The molecule has 0 aromatic heterocycles. The normalized spacial score (nSPS) is 15.4. The third-order valence-electron chi connectivity index (χ3n) is 2.98. The van der Waals surface area contributed by atoms with Gasteiger partial charge in [-0.05, 0) is 11.3 Å². The molecule has 0 fully saturated rings. The van der Waals surface area contributed by atoms with Crippen molar-refractivity contribution in [1.29, 1.82) is 0 Å². The van der Waals surface area contributed by atoms with E-state index < -0.39 is 17.5 Å². The van der Waals surface area contributed by atoms with Gasteiger partial charge in [0.05, 0.1) is 13.0 Å². The summed E-state index contributed by atoms with van der Waals surface area (Å²) in [5.41, 5.74) is -1.59. The van der Waals surface area contributed by atoms with Crippen molar-refractivity contribution in [1.82, 2.24) is 0 Å². The lowest BCUT2D eigenvalue weighted by atomic mass is 9.83. The SMILES string of the molecule is CCSC(=O)[C@H](C)[C@](O)(C(=O)OC)c1ccccc1. The Balaban J connectivity index is 3.21. The van der Waals surface area contributed by atoms with E-state index >= 15 is 0 Å². The van der Waals surface area contributed by atoms with Gasteiger partial charge in [0, 0.05) is 0 Å². The van der Waals surface area contributed by atoms with E-state index in [1.165, 1.54) is 14.0 Å². The second kappa shape index (κ2) is 6.73. The minimum Gasteiger partial charge on any atom is -0.467 e. The summed E-state index contributed by atoms with van der Waals surface area (Å²) in [5, 5.41) is 10.5. The van der Waals surface area contributed by atoms with E-state index in [0.717, 1.165) is 11.8 Å². The molecule has 0 saturated carbocycles. The van der Waals surface area contributed by atoms with E-state index in [9.17, 15) is 14.7 Å². The second-order valence-electron chi connectivity index (χ2n) is 4.10. The molecule has 0 spiro atoms. The average Bonchev–Trinajstić information content (AvgIpc) is 2.45. The number of ether oxygens (including phenoxy) is 1. The molecule has 19 heavy (non-hydrogen) atoms. The Hall–Kier alpha value is -1.33. The highest BCUT2D eigenvalue weighted by Gasteiger charge is 2.47. The van der Waals surface area contributed by atoms with Crippen LogP contribution in [0.4, 0.5) is 0 Å². The molecule has 0 aliphatic rings. The molecule has 1 aromatic carbocycles. The van der Waals surface area contributed by atoms with E-state index in [-0.39, 0.29) is 5.12 Å². The molecule has 0 saturated heterocycles. The van der Waals surface area contributed by atoms with Crippen molar-refractivity contribution >= 4 is 22.8 Å². The fraction of sp³-hybridized carbons (Fsp3) is 0.429. The third-order valence-corrected chi connectivity index (χ3v) is 3.90. The van der Waals surface area contributed by atoms with Crippen molar-refractivity contribution < 1.29 is 19.4 Å². The fourth-order valence-electron chi connectivity index (χ4n) is 1.83. The van der Waals surface area contributed by atoms with Crippen LogP contribution in [0.2, 0.25) is 0 Å². The van der Waals surface area contributed by atoms with Gasteiger partial charge in [0.25, 0.3) is 0 Å². The van der Waals surface area contributed by atoms with Crippen molar-refractivity contribution in [2.24, 2.45) is 5.92 Å². The van der Waals surface area contributed by atoms with Gasteiger partial charge in [-0.15, -0.1) is 0 Å². The summed E-state index contributed by atoms with van der Waals surface area (Å²) in [4.78, 5) is 23.9. The summed E-state index contributed by atoms with van der Waals surface area (Å²) in [6.07, 6.45) is 0. The first-order valence-electron chi connectivity index (χ1n) is 6.01. The molecule has 104 valence electrons. The molecule has 0 aliphatic carbocycles. The number of esters is 1. The van der Waals surface area contributed by atoms with E-state index in [1.54, 1.807) is 30.3 Å². The number of aliphatic hydroxyl groups is 1. The smallest absolute Gasteiger partial charge is 0.343 e. The zero-order chi connectivity index (χ0) is 14.5. The molecular formula is C14H18O4S. The Morgan fingerprint density at radius 1 is 1.37 bits per heavy atom. The zero-order valence-electron chi connectivity index (χ0n) is 11.3. The maximum absolute atomic E-state index is 12.0. The van der Waals surface area contributed by atoms with Crippen molar-refractivity contribution in [3.63, 3.8) is 0 Å². The van der Waals surface area contributed by atoms with Crippen LogP contribution in [0.5, 0.6) is 0 Å². The quantitative estimate of drug-likeness (QED) is 0.836. The van der Waals surface area contributed by atoms with Gasteiger partial charge < -0.3 is 9.84 Å². The van der Waals surface area contributed by atoms with Gasteiger partial charge in [0.1, 0.15) is 0 Å². The predicted octanol–water partition coefficient (Wildman–Crippen LogP) is 1.96. The molecule has 0 unspecified atom stereocenters. The highest BCUT2D eigenvalue weighted by Crippen LogP contribution is 2.34. The van der Waals surface area contributed by atoms with Crippen molar-refractivity contribution in [2.75, 3.05) is 12.9 Å². The van der Waals surface area contributed by atoms with Gasteiger partial charge in [-0.3, -0.25) is 4.79 Å². The highest BCUT2D eigenvalue weighted by molar-refractivity contribution is 8.13. The Labute approximate surface area is 117 Å². The predicted molar refractivity (Wildman–Crippen MR) is 74.7 cm³/mol. The molecule has 1 aromatic rings. The molecular weight excluding hydrogens is 264 g/mol. The first kappa shape index (κ1) is 15.7. The standard InChI is InChI=1S/C14H18O4S/c1-4-19-12(15)10(2)14(17,13(16)18-3)11-8-6-5-7-9-11/h5-10,17H,4H2,1-3H3/t10-,14+/m0/s1. The maximum Gasteiger partial charge on any atom is 0.343 e. The molecule has 0 aliphatic heterocycles. The monoisotopic (exact) mass is 282 g/mol. The summed E-state index contributed by atoms with van der Waals surface area (Å²) in [5.74, 6) is -1.11. The van der Waals surface area contributed by atoms with Crippen LogP contribution >= 0.6 is 11.8 Å². The molecule has 0 amide bonds. The van der Waals surface area contributed by atoms with Crippen molar-refractivity contribution in [2.45, 2.75) is 19.4 Å². The van der Waals surface area contributed by atoms with E-state index in [2.05, 4.69) is 4.74 Å². The third kappa shape index (κ3) is 3.16. The lowest BCUT2D eigenvalue weighted by Crippen LogP contribution is -2.45. The van der Waals surface area contributed by atoms with Crippen molar-refractivity contribution in [3.05, 3.63) is 35.9 Å². The summed E-state index contributed by atoms with van der Waals surface area (Å²) in [6, 6.07) is 8.39. The molecule has 1 N–H and O–H groups in total. The van der Waals surface area contributed by atoms with Crippen LogP contribution in [-0.4, -0.2) is 29.1 Å². The Morgan fingerprint density at radius 3 is 2.42 bits per heavy atom. The van der Waals surface area contributed by atoms with Crippen LogP contribution in [0.15, 0.2) is 30.3 Å². The van der Waals surface area contributed by atoms with E-state index in [0.29, 0.717) is 11.3 Å². The summed E-state index contributed by atoms with van der Waals surface area (Å²) < 4.78 is 4.67. The average molecular weight is 282 g/mol. The van der Waals surface area contributed by atoms with Crippen LogP contribution in [0.3, 0.4) is 0 Å². The number of methoxy groups -OCH3 is 1. The number of hydrogen-bond acceptors (Lipinski definition) is 5. The van der Waals surface area contributed by atoms with Gasteiger partial charge >= 0.3 is 5.97 Å². The topological polar surface area (TPSA) is 63.6 Å². The molecule has 0 bridgehead atoms. The van der Waals surface area contributed by atoms with Gasteiger partial charge in [-0.25, -0.2) is 4.79 Å². The maximum atomic E-state index is 12.0. The summed E-state index contributed by atoms with van der Waals surface area (Å²) in [7, 11) is 1.19. The van der Waals surface area contributed by atoms with Crippen LogP contribution in [0.25, 0.3) is 0 Å². The molecule has 0 heterocycles. The van der Waals surface area contributed by atoms with Gasteiger partial charge in [0.2, 0.25) is 0 Å². The van der Waals surface area contributed by atoms with Gasteiger partial charge in [-0.2, -0.15) is 0 Å². The van der Waals surface area contributed by atoms with E-state index in [1.807, 2.05) is 6.92 Å².